The standard InChI is InChI=1S/C11H11Br2NO4/c1-2-18-10(15)5-8-3-7(6-12)4-9(13)11(8)14(16)17/h3-4H,2,5-6H2,1H3. The smallest absolute Gasteiger partial charge is 0.310 e. The second-order valence-corrected chi connectivity index (χ2v) is 4.87. The third-order valence-electron chi connectivity index (χ3n) is 2.18. The van der Waals surface area contributed by atoms with Gasteiger partial charge in [0, 0.05) is 10.9 Å². The summed E-state index contributed by atoms with van der Waals surface area (Å²) in [7, 11) is 0. The maximum atomic E-state index is 11.4. The zero-order chi connectivity index (χ0) is 13.7. The molecule has 98 valence electrons. The van der Waals surface area contributed by atoms with E-state index >= 15 is 0 Å². The van der Waals surface area contributed by atoms with E-state index in [9.17, 15) is 14.9 Å². The fourth-order valence-corrected chi connectivity index (χ4v) is 2.52. The number of nitro groups is 1. The first-order chi connectivity index (χ1) is 8.49. The second-order valence-electron chi connectivity index (χ2n) is 3.46. The van der Waals surface area contributed by atoms with Gasteiger partial charge in [0.2, 0.25) is 0 Å². The Bertz CT molecular complexity index is 476. The van der Waals surface area contributed by atoms with Gasteiger partial charge >= 0.3 is 5.97 Å². The van der Waals surface area contributed by atoms with Gasteiger partial charge in [-0.3, -0.25) is 14.9 Å². The molecular formula is C11H11Br2NO4. The number of hydrogen-bond donors (Lipinski definition) is 0. The summed E-state index contributed by atoms with van der Waals surface area (Å²) in [5.41, 5.74) is 1.11. The van der Waals surface area contributed by atoms with Gasteiger partial charge in [0.15, 0.2) is 0 Å². The molecule has 0 atom stereocenters. The summed E-state index contributed by atoms with van der Waals surface area (Å²) < 4.78 is 5.17. The fourth-order valence-electron chi connectivity index (χ4n) is 1.50. The molecule has 18 heavy (non-hydrogen) atoms. The van der Waals surface area contributed by atoms with Crippen LogP contribution in [0, 0.1) is 10.1 Å². The van der Waals surface area contributed by atoms with Crippen molar-refractivity contribution in [2.75, 3.05) is 6.61 Å². The van der Waals surface area contributed by atoms with Crippen molar-refractivity contribution >= 4 is 43.5 Å². The summed E-state index contributed by atoms with van der Waals surface area (Å²) in [5, 5.41) is 11.5. The number of rotatable bonds is 5. The van der Waals surface area contributed by atoms with Gasteiger partial charge < -0.3 is 4.74 Å². The predicted molar refractivity (Wildman–Crippen MR) is 73.8 cm³/mol. The molecule has 0 spiro atoms. The van der Waals surface area contributed by atoms with Crippen molar-refractivity contribution in [3.8, 4) is 0 Å². The van der Waals surface area contributed by atoms with Crippen molar-refractivity contribution < 1.29 is 14.5 Å². The Kier molecular flexibility index (Phi) is 5.74. The summed E-state index contributed by atoms with van der Waals surface area (Å²) in [6.07, 6.45) is -0.108. The SMILES string of the molecule is CCOC(=O)Cc1cc(CBr)cc(Br)c1[N+](=O)[O-]. The van der Waals surface area contributed by atoms with Crippen molar-refractivity contribution in [1.82, 2.24) is 0 Å². The highest BCUT2D eigenvalue weighted by molar-refractivity contribution is 9.10. The molecule has 0 fully saturated rings. The quantitative estimate of drug-likeness (QED) is 0.340. The van der Waals surface area contributed by atoms with Gasteiger partial charge in [-0.2, -0.15) is 0 Å². The molecule has 0 bridgehead atoms. The van der Waals surface area contributed by atoms with Crippen LogP contribution in [-0.4, -0.2) is 17.5 Å². The number of hydrogen-bond acceptors (Lipinski definition) is 4. The van der Waals surface area contributed by atoms with E-state index in [1.807, 2.05) is 0 Å². The maximum Gasteiger partial charge on any atom is 0.310 e. The summed E-state index contributed by atoms with van der Waals surface area (Å²) in [6, 6.07) is 3.29. The molecular weight excluding hydrogens is 370 g/mol. The molecule has 0 saturated carbocycles. The van der Waals surface area contributed by atoms with Crippen LogP contribution in [0.2, 0.25) is 0 Å². The average Bonchev–Trinajstić information content (AvgIpc) is 2.27. The zero-order valence-corrected chi connectivity index (χ0v) is 12.8. The Morgan fingerprint density at radius 2 is 2.17 bits per heavy atom. The molecule has 1 aromatic carbocycles. The van der Waals surface area contributed by atoms with Crippen molar-refractivity contribution in [1.29, 1.82) is 0 Å². The van der Waals surface area contributed by atoms with E-state index < -0.39 is 10.9 Å². The molecule has 1 rings (SSSR count). The average molecular weight is 381 g/mol. The Hall–Kier alpha value is -0.950. The van der Waals surface area contributed by atoms with Gasteiger partial charge in [-0.05, 0) is 40.5 Å². The number of nitro benzene ring substituents is 1. The van der Waals surface area contributed by atoms with Crippen LogP contribution in [-0.2, 0) is 21.3 Å². The number of carbonyl (C=O) groups excluding carboxylic acids is 1. The van der Waals surface area contributed by atoms with Gasteiger partial charge in [0.1, 0.15) is 0 Å². The van der Waals surface area contributed by atoms with Crippen molar-refractivity contribution in [2.24, 2.45) is 0 Å². The van der Waals surface area contributed by atoms with Crippen molar-refractivity contribution in [3.63, 3.8) is 0 Å². The van der Waals surface area contributed by atoms with Gasteiger partial charge in [-0.15, -0.1) is 0 Å². The Morgan fingerprint density at radius 3 is 2.67 bits per heavy atom. The summed E-state index contributed by atoms with van der Waals surface area (Å²) >= 11 is 6.43. The molecule has 1 aromatic rings. The van der Waals surface area contributed by atoms with Gasteiger partial charge in [0.05, 0.1) is 22.4 Å². The molecule has 0 aliphatic heterocycles. The summed E-state index contributed by atoms with van der Waals surface area (Å²) in [4.78, 5) is 21.9. The molecule has 0 heterocycles. The van der Waals surface area contributed by atoms with Crippen LogP contribution in [0.3, 0.4) is 0 Å². The number of halogens is 2. The first-order valence-electron chi connectivity index (χ1n) is 5.16. The molecule has 0 aliphatic rings. The monoisotopic (exact) mass is 379 g/mol. The summed E-state index contributed by atoms with van der Waals surface area (Å²) in [5.74, 6) is -0.473. The molecule has 0 saturated heterocycles. The van der Waals surface area contributed by atoms with E-state index in [-0.39, 0.29) is 18.7 Å². The molecule has 0 aliphatic carbocycles. The molecule has 0 amide bonds. The number of ether oxygens (including phenoxy) is 1. The molecule has 0 N–H and O–H groups in total. The Balaban J connectivity index is 3.17. The molecule has 5 nitrogen and oxygen atoms in total. The third kappa shape index (κ3) is 3.78. The minimum atomic E-state index is -0.503. The van der Waals surface area contributed by atoms with Crippen LogP contribution in [0.5, 0.6) is 0 Å². The lowest BCUT2D eigenvalue weighted by Gasteiger charge is -2.07. The van der Waals surface area contributed by atoms with Crippen LogP contribution in [0.15, 0.2) is 16.6 Å². The summed E-state index contributed by atoms with van der Waals surface area (Å²) in [6.45, 7) is 1.95. The topological polar surface area (TPSA) is 69.4 Å². The van der Waals surface area contributed by atoms with Crippen LogP contribution < -0.4 is 0 Å². The number of alkyl halides is 1. The van der Waals surface area contributed by atoms with Gasteiger partial charge in [-0.1, -0.05) is 15.9 Å². The predicted octanol–water partition coefficient (Wildman–Crippen LogP) is 3.36. The van der Waals surface area contributed by atoms with Crippen molar-refractivity contribution in [2.45, 2.75) is 18.7 Å². The minimum absolute atomic E-state index is 0.0900. The second kappa shape index (κ2) is 6.84. The largest absolute Gasteiger partial charge is 0.466 e. The highest BCUT2D eigenvalue weighted by atomic mass is 79.9. The zero-order valence-electron chi connectivity index (χ0n) is 9.61. The van der Waals surface area contributed by atoms with Crippen LogP contribution in [0.4, 0.5) is 5.69 Å². The lowest BCUT2D eigenvalue weighted by atomic mass is 10.1. The lowest BCUT2D eigenvalue weighted by Crippen LogP contribution is -2.10. The van der Waals surface area contributed by atoms with E-state index in [1.165, 1.54) is 0 Å². The molecule has 0 aromatic heterocycles. The normalized spacial score (nSPS) is 10.2. The van der Waals surface area contributed by atoms with Gasteiger partial charge in [0.25, 0.3) is 5.69 Å². The number of nitrogens with zero attached hydrogens (tertiary/aromatic N) is 1. The number of esters is 1. The van der Waals surface area contributed by atoms with Crippen LogP contribution in [0.25, 0.3) is 0 Å². The van der Waals surface area contributed by atoms with Gasteiger partial charge in [-0.25, -0.2) is 0 Å². The van der Waals surface area contributed by atoms with E-state index in [2.05, 4.69) is 31.9 Å². The Morgan fingerprint density at radius 1 is 1.50 bits per heavy atom. The molecule has 0 unspecified atom stereocenters. The number of benzene rings is 1. The van der Waals surface area contributed by atoms with E-state index in [1.54, 1.807) is 19.1 Å². The molecule has 7 heteroatoms. The van der Waals surface area contributed by atoms with E-state index in [0.29, 0.717) is 15.4 Å². The van der Waals surface area contributed by atoms with E-state index in [0.717, 1.165) is 5.56 Å². The van der Waals surface area contributed by atoms with Crippen molar-refractivity contribution in [3.05, 3.63) is 37.8 Å². The highest BCUT2D eigenvalue weighted by Gasteiger charge is 2.21. The van der Waals surface area contributed by atoms with Crippen LogP contribution in [0.1, 0.15) is 18.1 Å². The minimum Gasteiger partial charge on any atom is -0.466 e. The lowest BCUT2D eigenvalue weighted by molar-refractivity contribution is -0.386. The fraction of sp³-hybridized carbons (Fsp3) is 0.364. The third-order valence-corrected chi connectivity index (χ3v) is 3.43. The van der Waals surface area contributed by atoms with E-state index in [4.69, 9.17) is 4.74 Å². The first kappa shape index (κ1) is 15.1. The Labute approximate surface area is 121 Å². The first-order valence-corrected chi connectivity index (χ1v) is 7.08. The highest BCUT2D eigenvalue weighted by Crippen LogP contribution is 2.31. The number of carbonyl (C=O) groups is 1. The maximum absolute atomic E-state index is 11.4. The van der Waals surface area contributed by atoms with Crippen LogP contribution >= 0.6 is 31.9 Å². The molecule has 0 radical (unpaired) electrons.